The van der Waals surface area contributed by atoms with Crippen molar-refractivity contribution in [3.05, 3.63) is 136 Å². The summed E-state index contributed by atoms with van der Waals surface area (Å²) in [5.74, 6) is 0.292. The normalized spacial score (nSPS) is 13.2. The predicted molar refractivity (Wildman–Crippen MR) is 118 cm³/mol. The van der Waals surface area contributed by atoms with E-state index in [2.05, 4.69) is 0 Å². The van der Waals surface area contributed by atoms with E-state index >= 15 is 0 Å². The van der Waals surface area contributed by atoms with Gasteiger partial charge in [-0.2, -0.15) is 26.3 Å². The number of benzene rings is 4. The Labute approximate surface area is 192 Å². The Morgan fingerprint density at radius 1 is 0.471 bits per heavy atom. The molecule has 0 radical (unpaired) electrons. The molecule has 0 spiro atoms. The molecule has 4 aromatic carbocycles. The summed E-state index contributed by atoms with van der Waals surface area (Å²) in [6, 6.07) is 25.1. The molecule has 0 unspecified atom stereocenters. The Balaban J connectivity index is 1.69. The maximum atomic E-state index is 13.2. The van der Waals surface area contributed by atoms with Gasteiger partial charge in [0.2, 0.25) is 0 Å². The summed E-state index contributed by atoms with van der Waals surface area (Å²) in [4.78, 5) is 0. The van der Waals surface area contributed by atoms with Gasteiger partial charge in [-0.15, -0.1) is 0 Å². The zero-order chi connectivity index (χ0) is 24.1. The fraction of sp³-hybridized carbons (Fsp3) is 0.107. The molecule has 5 rings (SSSR count). The molecule has 170 valence electrons. The second kappa shape index (κ2) is 7.97. The fourth-order valence-corrected chi connectivity index (χ4v) is 4.62. The number of rotatable bonds is 3. The van der Waals surface area contributed by atoms with Crippen LogP contribution in [0.4, 0.5) is 26.3 Å². The number of hydrogen-bond donors (Lipinski definition) is 0. The van der Waals surface area contributed by atoms with Crippen LogP contribution in [0.25, 0.3) is 11.1 Å². The van der Waals surface area contributed by atoms with Gasteiger partial charge in [-0.1, -0.05) is 24.3 Å². The molecular formula is C28H17F6+. The first-order chi connectivity index (χ1) is 16.1. The molecule has 0 saturated carbocycles. The van der Waals surface area contributed by atoms with Gasteiger partial charge in [0, 0.05) is 12.1 Å². The molecule has 6 heteroatoms. The van der Waals surface area contributed by atoms with E-state index in [4.69, 9.17) is 0 Å². The van der Waals surface area contributed by atoms with Crippen LogP contribution in [0.1, 0.15) is 39.3 Å². The van der Waals surface area contributed by atoms with E-state index in [-0.39, 0.29) is 0 Å². The SMILES string of the molecule is FC(F)(F)c1ccc(C(c2ccc(C(F)(F)F)cc2)[C+]2c3ccccc3-c3ccccc32)cc1. The maximum absolute atomic E-state index is 13.2. The number of alkyl halides is 6. The van der Waals surface area contributed by atoms with Gasteiger partial charge in [-0.05, 0) is 71.8 Å². The minimum absolute atomic E-state index is 0.561. The minimum atomic E-state index is -4.48. The van der Waals surface area contributed by atoms with Crippen molar-refractivity contribution in [3.8, 4) is 11.1 Å². The van der Waals surface area contributed by atoms with Gasteiger partial charge in [0.15, 0.2) is 0 Å². The smallest absolute Gasteiger partial charge is 0.166 e. The molecule has 0 amide bonds. The highest BCUT2D eigenvalue weighted by atomic mass is 19.4. The van der Waals surface area contributed by atoms with Crippen LogP contribution >= 0.6 is 0 Å². The van der Waals surface area contributed by atoms with Crippen LogP contribution in [0.3, 0.4) is 0 Å². The Bertz CT molecular complexity index is 1210. The molecule has 1 aliphatic carbocycles. The van der Waals surface area contributed by atoms with Crippen molar-refractivity contribution in [3.63, 3.8) is 0 Å². The van der Waals surface area contributed by atoms with E-state index in [1.165, 1.54) is 24.3 Å². The van der Waals surface area contributed by atoms with Gasteiger partial charge in [0.05, 0.1) is 45.2 Å². The lowest BCUT2D eigenvalue weighted by Gasteiger charge is -2.23. The molecule has 4 aromatic rings. The summed E-state index contributed by atoms with van der Waals surface area (Å²) in [6.45, 7) is 0. The molecule has 0 fully saturated rings. The quantitative estimate of drug-likeness (QED) is 0.209. The van der Waals surface area contributed by atoms with Crippen molar-refractivity contribution in [1.29, 1.82) is 0 Å². The predicted octanol–water partition coefficient (Wildman–Crippen LogP) is 8.51. The Hall–Kier alpha value is -3.67. The highest BCUT2D eigenvalue weighted by molar-refractivity contribution is 5.85. The van der Waals surface area contributed by atoms with Crippen molar-refractivity contribution in [2.45, 2.75) is 18.3 Å². The lowest BCUT2D eigenvalue weighted by atomic mass is 9.75. The fourth-order valence-electron chi connectivity index (χ4n) is 4.62. The summed E-state index contributed by atoms with van der Waals surface area (Å²) in [7, 11) is 0. The lowest BCUT2D eigenvalue weighted by Crippen LogP contribution is -2.15. The number of hydrogen-bond acceptors (Lipinski definition) is 0. The second-order valence-corrected chi connectivity index (χ2v) is 8.18. The van der Waals surface area contributed by atoms with Gasteiger partial charge in [-0.3, -0.25) is 0 Å². The molecule has 0 N–H and O–H groups in total. The average Bonchev–Trinajstić information content (AvgIpc) is 3.14. The van der Waals surface area contributed by atoms with Crippen molar-refractivity contribution in [2.24, 2.45) is 0 Å². The summed E-state index contributed by atoms with van der Waals surface area (Å²) >= 11 is 0. The van der Waals surface area contributed by atoms with E-state index in [9.17, 15) is 26.3 Å². The molecule has 1 aliphatic rings. The van der Waals surface area contributed by atoms with Crippen LogP contribution in [-0.4, -0.2) is 0 Å². The first kappa shape index (κ1) is 22.1. The zero-order valence-electron chi connectivity index (χ0n) is 17.6. The maximum Gasteiger partial charge on any atom is 0.416 e. The van der Waals surface area contributed by atoms with Crippen LogP contribution in [0, 0.1) is 5.92 Å². The number of fused-ring (bicyclic) bond motifs is 3. The molecular weight excluding hydrogens is 450 g/mol. The van der Waals surface area contributed by atoms with Crippen molar-refractivity contribution in [1.82, 2.24) is 0 Å². The summed E-state index contributed by atoms with van der Waals surface area (Å²) in [5, 5.41) is 0. The third-order valence-electron chi connectivity index (χ3n) is 6.16. The van der Waals surface area contributed by atoms with Gasteiger partial charge < -0.3 is 0 Å². The molecule has 0 nitrogen and oxygen atoms in total. The first-order valence-electron chi connectivity index (χ1n) is 10.5. The third kappa shape index (κ3) is 3.83. The van der Waals surface area contributed by atoms with Crippen LogP contribution in [-0.2, 0) is 12.4 Å². The van der Waals surface area contributed by atoms with E-state index < -0.39 is 29.4 Å². The van der Waals surface area contributed by atoms with Gasteiger partial charge in [0.25, 0.3) is 0 Å². The standard InChI is InChI=1S/C28H17F6/c29-27(30,31)19-13-9-17(10-14-19)25(18-11-15-20(16-12-18)28(32,33)34)26-23-7-3-1-5-21(23)22-6-2-4-8-24(22)26/h1-16,25H/q+1. The van der Waals surface area contributed by atoms with Crippen LogP contribution < -0.4 is 0 Å². The first-order valence-corrected chi connectivity index (χ1v) is 10.5. The topological polar surface area (TPSA) is 0 Å². The lowest BCUT2D eigenvalue weighted by molar-refractivity contribution is -0.138. The molecule has 0 saturated heterocycles. The molecule has 34 heavy (non-hydrogen) atoms. The summed E-state index contributed by atoms with van der Waals surface area (Å²) < 4.78 is 79.1. The summed E-state index contributed by atoms with van der Waals surface area (Å²) in [5.41, 5.74) is 3.36. The molecule has 0 aliphatic heterocycles. The van der Waals surface area contributed by atoms with Crippen molar-refractivity contribution >= 4 is 0 Å². The van der Waals surface area contributed by atoms with Gasteiger partial charge in [-0.25, -0.2) is 0 Å². The Morgan fingerprint density at radius 3 is 1.18 bits per heavy atom. The van der Waals surface area contributed by atoms with E-state index in [1.807, 2.05) is 48.5 Å². The van der Waals surface area contributed by atoms with Crippen LogP contribution in [0.2, 0.25) is 0 Å². The van der Waals surface area contributed by atoms with E-state index in [1.54, 1.807) is 0 Å². The highest BCUT2D eigenvalue weighted by Crippen LogP contribution is 2.52. The van der Waals surface area contributed by atoms with Crippen molar-refractivity contribution in [2.75, 3.05) is 0 Å². The minimum Gasteiger partial charge on any atom is -0.166 e. The van der Waals surface area contributed by atoms with Crippen molar-refractivity contribution < 1.29 is 26.3 Å². The van der Waals surface area contributed by atoms with Gasteiger partial charge >= 0.3 is 12.4 Å². The molecule has 0 bridgehead atoms. The zero-order valence-corrected chi connectivity index (χ0v) is 17.6. The monoisotopic (exact) mass is 467 g/mol. The second-order valence-electron chi connectivity index (χ2n) is 8.18. The molecule has 0 aromatic heterocycles. The van der Waals surface area contributed by atoms with Crippen LogP contribution in [0.15, 0.2) is 97.1 Å². The van der Waals surface area contributed by atoms with Gasteiger partial charge in [0.1, 0.15) is 0 Å². The highest BCUT2D eigenvalue weighted by Gasteiger charge is 2.43. The third-order valence-corrected chi connectivity index (χ3v) is 6.16. The summed E-state index contributed by atoms with van der Waals surface area (Å²) in [6.07, 6.45) is -8.97. The van der Waals surface area contributed by atoms with E-state index in [0.717, 1.165) is 52.4 Å². The largest absolute Gasteiger partial charge is 0.416 e. The Kier molecular flexibility index (Phi) is 5.19. The molecule has 0 heterocycles. The average molecular weight is 467 g/mol. The van der Waals surface area contributed by atoms with E-state index in [0.29, 0.717) is 11.1 Å². The Morgan fingerprint density at radius 2 is 0.824 bits per heavy atom. The van der Waals surface area contributed by atoms with Crippen LogP contribution in [0.5, 0.6) is 0 Å². The number of halogens is 6. The molecule has 0 atom stereocenters.